The number of carbonyl (C=O) groups excluding carboxylic acids is 1. The largest absolute Gasteiger partial charge is 0.445 e. The first kappa shape index (κ1) is 12.5. The summed E-state index contributed by atoms with van der Waals surface area (Å²) in [5.41, 5.74) is 5.13. The molecule has 2 N–H and O–H groups in total. The molecule has 0 radical (unpaired) electrons. The molecule has 0 amide bonds. The van der Waals surface area contributed by atoms with E-state index in [1.807, 2.05) is 0 Å². The lowest BCUT2D eigenvalue weighted by Crippen LogP contribution is -2.44. The fraction of sp³-hybridized carbons (Fsp3) is 0.909. The van der Waals surface area contributed by atoms with Gasteiger partial charge in [0.05, 0.1) is 0 Å². The van der Waals surface area contributed by atoms with Crippen LogP contribution in [0.1, 0.15) is 33.1 Å². The van der Waals surface area contributed by atoms with Crippen molar-refractivity contribution in [3.8, 4) is 0 Å². The molecule has 1 aliphatic rings. The Balaban J connectivity index is 2.36. The molecule has 0 aliphatic carbocycles. The number of likely N-dealkylation sites (tertiary alicyclic amines) is 1. The van der Waals surface area contributed by atoms with Gasteiger partial charge in [0.1, 0.15) is 0 Å². The van der Waals surface area contributed by atoms with Gasteiger partial charge in [-0.1, -0.05) is 0 Å². The molecular formula is C11H22N2O2. The van der Waals surface area contributed by atoms with Crippen LogP contribution >= 0.6 is 0 Å². The third-order valence-electron chi connectivity index (χ3n) is 2.91. The first-order valence-corrected chi connectivity index (χ1v) is 5.56. The Morgan fingerprint density at radius 2 is 2.07 bits per heavy atom. The van der Waals surface area contributed by atoms with E-state index >= 15 is 0 Å². The Kier molecular flexibility index (Phi) is 4.11. The van der Waals surface area contributed by atoms with Gasteiger partial charge in [-0.2, -0.15) is 0 Å². The van der Waals surface area contributed by atoms with Crippen molar-refractivity contribution in [2.24, 2.45) is 11.7 Å². The van der Waals surface area contributed by atoms with Crippen LogP contribution in [-0.4, -0.2) is 36.7 Å². The number of ether oxygens (including phenoxy) is 1. The number of nitrogens with two attached hydrogens (primary N) is 1. The van der Waals surface area contributed by atoms with E-state index in [0.29, 0.717) is 5.92 Å². The number of hydrogen-bond donors (Lipinski definition) is 1. The van der Waals surface area contributed by atoms with E-state index in [0.717, 1.165) is 32.4 Å². The summed E-state index contributed by atoms with van der Waals surface area (Å²) in [6.45, 7) is 5.41. The molecule has 1 saturated heterocycles. The molecule has 1 heterocycles. The second kappa shape index (κ2) is 4.94. The van der Waals surface area contributed by atoms with Crippen molar-refractivity contribution in [1.29, 1.82) is 0 Å². The first-order chi connectivity index (χ1) is 6.89. The zero-order valence-electron chi connectivity index (χ0n) is 9.95. The number of piperidine rings is 1. The maximum atomic E-state index is 10.8. The van der Waals surface area contributed by atoms with Crippen LogP contribution in [0.25, 0.3) is 0 Å². The second-order valence-electron chi connectivity index (χ2n) is 4.86. The van der Waals surface area contributed by atoms with E-state index < -0.39 is 5.72 Å². The van der Waals surface area contributed by atoms with Gasteiger partial charge in [-0.3, -0.25) is 10.5 Å². The number of hydrogen-bond acceptors (Lipinski definition) is 4. The molecule has 1 fully saturated rings. The van der Waals surface area contributed by atoms with Gasteiger partial charge in [-0.15, -0.1) is 0 Å². The summed E-state index contributed by atoms with van der Waals surface area (Å²) in [5, 5.41) is 0. The smallest absolute Gasteiger partial charge is 0.304 e. The summed E-state index contributed by atoms with van der Waals surface area (Å²) >= 11 is 0. The van der Waals surface area contributed by atoms with Crippen LogP contribution in [0.4, 0.5) is 0 Å². The molecule has 0 bridgehead atoms. The Morgan fingerprint density at radius 1 is 1.53 bits per heavy atom. The van der Waals surface area contributed by atoms with Crippen molar-refractivity contribution < 1.29 is 9.53 Å². The molecule has 0 saturated carbocycles. The molecule has 88 valence electrons. The highest BCUT2D eigenvalue weighted by Gasteiger charge is 2.28. The third kappa shape index (κ3) is 4.62. The average molecular weight is 214 g/mol. The first-order valence-electron chi connectivity index (χ1n) is 5.56. The lowest BCUT2D eigenvalue weighted by Gasteiger charge is -2.34. The van der Waals surface area contributed by atoms with Gasteiger partial charge in [0.25, 0.3) is 0 Å². The minimum Gasteiger partial charge on any atom is -0.445 e. The fourth-order valence-corrected chi connectivity index (χ4v) is 2.21. The molecule has 1 unspecified atom stereocenters. The summed E-state index contributed by atoms with van der Waals surface area (Å²) in [6, 6.07) is 0. The van der Waals surface area contributed by atoms with Crippen molar-refractivity contribution in [2.45, 2.75) is 38.8 Å². The monoisotopic (exact) mass is 214 g/mol. The second-order valence-corrected chi connectivity index (χ2v) is 4.86. The highest BCUT2D eigenvalue weighted by molar-refractivity contribution is 5.66. The van der Waals surface area contributed by atoms with Crippen molar-refractivity contribution in [3.05, 3.63) is 0 Å². The molecule has 0 spiro atoms. The van der Waals surface area contributed by atoms with E-state index in [1.54, 1.807) is 6.92 Å². The van der Waals surface area contributed by atoms with Crippen LogP contribution in [0.15, 0.2) is 0 Å². The normalized spacial score (nSPS) is 23.5. The summed E-state index contributed by atoms with van der Waals surface area (Å²) in [4.78, 5) is 13.2. The standard InChI is InChI=1S/C11H22N2O2/c1-9(14)15-11(2,12)8-10-4-6-13(3)7-5-10/h10H,4-8,12H2,1-3H3. The number of esters is 1. The number of carbonyl (C=O) groups is 1. The molecule has 0 aromatic heterocycles. The van der Waals surface area contributed by atoms with Crippen molar-refractivity contribution in [3.63, 3.8) is 0 Å². The SMILES string of the molecule is CC(=O)OC(C)(N)CC1CCN(C)CC1. The number of rotatable bonds is 3. The van der Waals surface area contributed by atoms with Crippen LogP contribution in [0, 0.1) is 5.92 Å². The number of nitrogens with zero attached hydrogens (tertiary/aromatic N) is 1. The maximum absolute atomic E-state index is 10.8. The van der Waals surface area contributed by atoms with Gasteiger partial charge in [0.15, 0.2) is 5.72 Å². The summed E-state index contributed by atoms with van der Waals surface area (Å²) < 4.78 is 5.09. The summed E-state index contributed by atoms with van der Waals surface area (Å²) in [7, 11) is 2.13. The molecule has 1 aliphatic heterocycles. The van der Waals surface area contributed by atoms with Crippen LogP contribution in [0.2, 0.25) is 0 Å². The lowest BCUT2D eigenvalue weighted by atomic mass is 9.89. The third-order valence-corrected chi connectivity index (χ3v) is 2.91. The highest BCUT2D eigenvalue weighted by Crippen LogP contribution is 2.25. The predicted octanol–water partition coefficient (Wildman–Crippen LogP) is 0.956. The van der Waals surface area contributed by atoms with Crippen molar-refractivity contribution in [2.75, 3.05) is 20.1 Å². The van der Waals surface area contributed by atoms with Crippen LogP contribution < -0.4 is 5.73 Å². The molecule has 1 rings (SSSR count). The van der Waals surface area contributed by atoms with Gasteiger partial charge in [-0.05, 0) is 45.8 Å². The van der Waals surface area contributed by atoms with E-state index in [4.69, 9.17) is 10.5 Å². The summed E-state index contributed by atoms with van der Waals surface area (Å²) in [6.07, 6.45) is 3.05. The molecule has 4 nitrogen and oxygen atoms in total. The Morgan fingerprint density at radius 3 is 2.53 bits per heavy atom. The Hall–Kier alpha value is -0.610. The van der Waals surface area contributed by atoms with Crippen LogP contribution in [0.5, 0.6) is 0 Å². The molecular weight excluding hydrogens is 192 g/mol. The molecule has 4 heteroatoms. The minimum absolute atomic E-state index is 0.298. The van der Waals surface area contributed by atoms with E-state index in [9.17, 15) is 4.79 Å². The Bertz CT molecular complexity index is 221. The van der Waals surface area contributed by atoms with Crippen molar-refractivity contribution in [1.82, 2.24) is 4.90 Å². The molecule has 15 heavy (non-hydrogen) atoms. The van der Waals surface area contributed by atoms with Gasteiger partial charge >= 0.3 is 5.97 Å². The lowest BCUT2D eigenvalue weighted by molar-refractivity contribution is -0.156. The molecule has 1 atom stereocenters. The quantitative estimate of drug-likeness (QED) is 0.561. The fourth-order valence-electron chi connectivity index (χ4n) is 2.21. The highest BCUT2D eigenvalue weighted by atomic mass is 16.6. The average Bonchev–Trinajstić information content (AvgIpc) is 2.06. The van der Waals surface area contributed by atoms with Gasteiger partial charge in [0, 0.05) is 13.3 Å². The van der Waals surface area contributed by atoms with E-state index in [1.165, 1.54) is 6.92 Å². The zero-order chi connectivity index (χ0) is 11.5. The van der Waals surface area contributed by atoms with E-state index in [-0.39, 0.29) is 5.97 Å². The molecule has 0 aromatic carbocycles. The van der Waals surface area contributed by atoms with Gasteiger partial charge in [0.2, 0.25) is 0 Å². The van der Waals surface area contributed by atoms with Crippen LogP contribution in [0.3, 0.4) is 0 Å². The maximum Gasteiger partial charge on any atom is 0.304 e. The molecule has 0 aromatic rings. The predicted molar refractivity (Wildman–Crippen MR) is 59.2 cm³/mol. The van der Waals surface area contributed by atoms with Crippen molar-refractivity contribution >= 4 is 5.97 Å². The zero-order valence-corrected chi connectivity index (χ0v) is 9.95. The van der Waals surface area contributed by atoms with Crippen LogP contribution in [-0.2, 0) is 9.53 Å². The van der Waals surface area contributed by atoms with Gasteiger partial charge in [-0.25, -0.2) is 0 Å². The summed E-state index contributed by atoms with van der Waals surface area (Å²) in [5.74, 6) is 0.281. The topological polar surface area (TPSA) is 55.6 Å². The minimum atomic E-state index is -0.799. The Labute approximate surface area is 91.8 Å². The van der Waals surface area contributed by atoms with Gasteiger partial charge < -0.3 is 9.64 Å². The van der Waals surface area contributed by atoms with E-state index in [2.05, 4.69) is 11.9 Å².